The van der Waals surface area contributed by atoms with Gasteiger partial charge in [-0.25, -0.2) is 29.2 Å². The van der Waals surface area contributed by atoms with E-state index < -0.39 is 29.6 Å². The fraction of sp³-hybridized carbons (Fsp3) is 0.344. The number of anilines is 2. The number of amides is 2. The quantitative estimate of drug-likeness (QED) is 0.103. The minimum absolute atomic E-state index is 0.0151. The van der Waals surface area contributed by atoms with E-state index in [0.29, 0.717) is 20.2 Å². The third-order valence-corrected chi connectivity index (χ3v) is 9.18. The number of carboxylic acid groups (broad SMARTS) is 1. The number of rotatable bonds is 12. The summed E-state index contributed by atoms with van der Waals surface area (Å²) in [5.41, 5.74) is 0.936. The molecule has 3 heterocycles. The Balaban J connectivity index is 1.43. The molecule has 2 atom stereocenters. The lowest BCUT2D eigenvalue weighted by atomic mass is 9.82. The van der Waals surface area contributed by atoms with Crippen molar-refractivity contribution in [1.82, 2.24) is 24.9 Å². The third kappa shape index (κ3) is 8.56. The lowest BCUT2D eigenvalue weighted by molar-refractivity contribution is -0.0630. The molecule has 238 valence electrons. The van der Waals surface area contributed by atoms with Crippen LogP contribution in [0.2, 0.25) is 0 Å². The van der Waals surface area contributed by atoms with Gasteiger partial charge in [0.1, 0.15) is 5.82 Å². The van der Waals surface area contributed by atoms with Gasteiger partial charge in [0, 0.05) is 25.4 Å². The summed E-state index contributed by atoms with van der Waals surface area (Å²) in [5, 5.41) is 24.4. The first-order valence-corrected chi connectivity index (χ1v) is 16.0. The second-order valence-electron chi connectivity index (χ2n) is 11.6. The highest BCUT2D eigenvalue weighted by Gasteiger charge is 2.33. The normalized spacial score (nSPS) is 12.8. The number of hydrogen-bond acceptors (Lipinski definition) is 9. The third-order valence-electron chi connectivity index (χ3n) is 7.13. The SMILES string of the molecule is CCCC(CN(O)C(=O)c1nccc(Sc2cnc(Nc3ccc(C(N(C)C(=O)O)C(C)(C)C)cn3)s2)c1F)c1ccccc1. The van der Waals surface area contributed by atoms with Gasteiger partial charge in [-0.15, -0.1) is 0 Å². The summed E-state index contributed by atoms with van der Waals surface area (Å²) in [6.07, 6.45) is 5.14. The van der Waals surface area contributed by atoms with Crippen LogP contribution in [-0.2, 0) is 0 Å². The van der Waals surface area contributed by atoms with Crippen molar-refractivity contribution in [2.45, 2.75) is 61.6 Å². The molecule has 3 N–H and O–H groups in total. The predicted molar refractivity (Wildman–Crippen MR) is 173 cm³/mol. The molecule has 0 saturated heterocycles. The van der Waals surface area contributed by atoms with Gasteiger partial charge in [0.05, 0.1) is 27.9 Å². The van der Waals surface area contributed by atoms with E-state index in [2.05, 4.69) is 20.3 Å². The van der Waals surface area contributed by atoms with Crippen molar-refractivity contribution in [2.75, 3.05) is 18.9 Å². The molecule has 0 radical (unpaired) electrons. The van der Waals surface area contributed by atoms with Crippen LogP contribution < -0.4 is 5.32 Å². The van der Waals surface area contributed by atoms with Gasteiger partial charge in [-0.3, -0.25) is 10.0 Å². The van der Waals surface area contributed by atoms with Gasteiger partial charge in [-0.2, -0.15) is 0 Å². The highest BCUT2D eigenvalue weighted by Crippen LogP contribution is 2.39. The minimum Gasteiger partial charge on any atom is -0.465 e. The molecule has 10 nitrogen and oxygen atoms in total. The standard InChI is InChI=1S/C32H37FN6O4S2/c1-6-10-22(20-11-8-7-9-12-20)19-39(43)29(40)27-26(33)23(15-16-34-27)44-25-18-36-30(45-25)37-24-14-13-21(17-35-24)28(32(2,3)4)38(5)31(41)42/h7-9,11-18,22,28,43H,6,10,19H2,1-5H3,(H,41,42)(H,35,36,37). The summed E-state index contributed by atoms with van der Waals surface area (Å²) in [6.45, 7) is 7.95. The summed E-state index contributed by atoms with van der Waals surface area (Å²) in [4.78, 5) is 38.9. The zero-order valence-electron chi connectivity index (χ0n) is 25.8. The molecule has 0 fully saturated rings. The van der Waals surface area contributed by atoms with E-state index in [0.717, 1.165) is 35.7 Å². The van der Waals surface area contributed by atoms with Crippen molar-refractivity contribution >= 4 is 46.0 Å². The van der Waals surface area contributed by atoms with E-state index in [1.54, 1.807) is 25.5 Å². The number of thiazole rings is 1. The molecule has 45 heavy (non-hydrogen) atoms. The van der Waals surface area contributed by atoms with E-state index in [1.807, 2.05) is 64.1 Å². The van der Waals surface area contributed by atoms with Crippen LogP contribution in [-0.4, -0.2) is 60.8 Å². The summed E-state index contributed by atoms with van der Waals surface area (Å²) in [5.74, 6) is -1.32. The first kappa shape index (κ1) is 33.8. The Kier molecular flexibility index (Phi) is 11.1. The van der Waals surface area contributed by atoms with Crippen LogP contribution in [0.1, 0.15) is 74.1 Å². The number of aromatic nitrogens is 3. The number of nitrogens with one attached hydrogen (secondary N) is 1. The van der Waals surface area contributed by atoms with Crippen LogP contribution in [0.15, 0.2) is 76.2 Å². The molecule has 4 rings (SSSR count). The maximum atomic E-state index is 15.5. The maximum Gasteiger partial charge on any atom is 0.407 e. The number of hydrogen-bond donors (Lipinski definition) is 3. The molecular formula is C32H37FN6O4S2. The maximum absolute atomic E-state index is 15.5. The van der Waals surface area contributed by atoms with Crippen LogP contribution in [0.25, 0.3) is 0 Å². The van der Waals surface area contributed by atoms with Crippen LogP contribution >= 0.6 is 23.1 Å². The summed E-state index contributed by atoms with van der Waals surface area (Å²) in [6, 6.07) is 14.3. The molecule has 0 aliphatic rings. The Morgan fingerprint density at radius 1 is 1.04 bits per heavy atom. The summed E-state index contributed by atoms with van der Waals surface area (Å²) < 4.78 is 16.2. The molecule has 2 unspecified atom stereocenters. The molecule has 0 spiro atoms. The molecule has 0 aliphatic heterocycles. The molecule has 2 amide bonds. The number of carbonyl (C=O) groups excluding carboxylic acids is 1. The van der Waals surface area contributed by atoms with Gasteiger partial charge in [0.2, 0.25) is 0 Å². The molecule has 13 heteroatoms. The lowest BCUT2D eigenvalue weighted by Crippen LogP contribution is -2.37. The fourth-order valence-electron chi connectivity index (χ4n) is 5.14. The largest absolute Gasteiger partial charge is 0.465 e. The summed E-state index contributed by atoms with van der Waals surface area (Å²) >= 11 is 2.36. The first-order chi connectivity index (χ1) is 21.4. The zero-order valence-corrected chi connectivity index (χ0v) is 27.4. The number of halogens is 1. The van der Waals surface area contributed by atoms with Gasteiger partial charge < -0.3 is 15.3 Å². The van der Waals surface area contributed by atoms with Crippen LogP contribution in [0.5, 0.6) is 0 Å². The number of hydroxylamine groups is 2. The van der Waals surface area contributed by atoms with Gasteiger partial charge in [0.25, 0.3) is 5.91 Å². The van der Waals surface area contributed by atoms with E-state index in [1.165, 1.54) is 28.5 Å². The second-order valence-corrected chi connectivity index (χ2v) is 14.0. The Hall–Kier alpha value is -4.07. The summed E-state index contributed by atoms with van der Waals surface area (Å²) in [7, 11) is 1.54. The number of carbonyl (C=O) groups is 2. The fourth-order valence-corrected chi connectivity index (χ4v) is 7.01. The molecular weight excluding hydrogens is 616 g/mol. The van der Waals surface area contributed by atoms with E-state index in [9.17, 15) is 19.9 Å². The van der Waals surface area contributed by atoms with Crippen molar-refractivity contribution in [2.24, 2.45) is 5.41 Å². The van der Waals surface area contributed by atoms with Gasteiger partial charge in [-0.05, 0) is 35.1 Å². The van der Waals surface area contributed by atoms with Gasteiger partial charge in [-0.1, -0.05) is 93.6 Å². The van der Waals surface area contributed by atoms with Gasteiger partial charge in [0.15, 0.2) is 16.6 Å². The van der Waals surface area contributed by atoms with Crippen molar-refractivity contribution in [1.29, 1.82) is 0 Å². The molecule has 4 aromatic rings. The first-order valence-electron chi connectivity index (χ1n) is 14.4. The Labute approximate surface area is 270 Å². The van der Waals surface area contributed by atoms with Crippen molar-refractivity contribution < 1.29 is 24.3 Å². The molecule has 3 aromatic heterocycles. The van der Waals surface area contributed by atoms with E-state index >= 15 is 4.39 Å². The Bertz CT molecular complexity index is 1600. The van der Waals surface area contributed by atoms with E-state index in [4.69, 9.17) is 0 Å². The predicted octanol–water partition coefficient (Wildman–Crippen LogP) is 8.08. The molecule has 0 saturated carbocycles. The van der Waals surface area contributed by atoms with E-state index in [-0.39, 0.29) is 22.8 Å². The Morgan fingerprint density at radius 2 is 1.78 bits per heavy atom. The van der Waals surface area contributed by atoms with Crippen molar-refractivity contribution in [3.05, 3.63) is 89.8 Å². The average molecular weight is 653 g/mol. The van der Waals surface area contributed by atoms with Crippen LogP contribution in [0, 0.1) is 11.2 Å². The van der Waals surface area contributed by atoms with Crippen LogP contribution in [0.4, 0.5) is 20.1 Å². The number of nitrogens with zero attached hydrogens (tertiary/aromatic N) is 5. The lowest BCUT2D eigenvalue weighted by Gasteiger charge is -2.36. The monoisotopic (exact) mass is 652 g/mol. The zero-order chi connectivity index (χ0) is 32.7. The minimum atomic E-state index is -1.02. The van der Waals surface area contributed by atoms with Crippen molar-refractivity contribution in [3.63, 3.8) is 0 Å². The van der Waals surface area contributed by atoms with Gasteiger partial charge >= 0.3 is 6.09 Å². The highest BCUT2D eigenvalue weighted by atomic mass is 32.2. The highest BCUT2D eigenvalue weighted by molar-refractivity contribution is 8.01. The average Bonchev–Trinajstić information content (AvgIpc) is 3.44. The Morgan fingerprint density at radius 3 is 2.40 bits per heavy atom. The number of benzene rings is 1. The van der Waals surface area contributed by atoms with Crippen LogP contribution in [0.3, 0.4) is 0 Å². The number of pyridine rings is 2. The topological polar surface area (TPSA) is 132 Å². The smallest absolute Gasteiger partial charge is 0.407 e. The molecule has 1 aromatic carbocycles. The molecule has 0 bridgehead atoms. The second kappa shape index (κ2) is 14.8. The molecule has 0 aliphatic carbocycles. The van der Waals surface area contributed by atoms with Crippen molar-refractivity contribution in [3.8, 4) is 0 Å².